The Bertz CT molecular complexity index is 937. The molecule has 0 amide bonds. The number of aromatic nitrogens is 2. The van der Waals surface area contributed by atoms with Gasteiger partial charge in [0.2, 0.25) is 0 Å². The van der Waals surface area contributed by atoms with Crippen molar-refractivity contribution >= 4 is 11.0 Å². The summed E-state index contributed by atoms with van der Waals surface area (Å²) >= 11 is 0. The number of nitriles is 1. The lowest BCUT2D eigenvalue weighted by Crippen LogP contribution is -2.25. The highest BCUT2D eigenvalue weighted by Crippen LogP contribution is 2.21. The molecule has 1 aromatic heterocycles. The summed E-state index contributed by atoms with van der Waals surface area (Å²) in [7, 11) is 0. The first kappa shape index (κ1) is 17.5. The Hall–Kier alpha value is -2.88. The van der Waals surface area contributed by atoms with Crippen LogP contribution in [0.15, 0.2) is 48.8 Å². The summed E-state index contributed by atoms with van der Waals surface area (Å²) in [6, 6.07) is 15.5. The topological polar surface area (TPSA) is 69.3 Å². The fourth-order valence-corrected chi connectivity index (χ4v) is 3.20. The van der Waals surface area contributed by atoms with E-state index in [1.807, 2.05) is 41.0 Å². The average Bonchev–Trinajstić information content (AvgIpc) is 3.15. The quantitative estimate of drug-likeness (QED) is 0.627. The first-order valence-electron chi connectivity index (χ1n) is 9.13. The van der Waals surface area contributed by atoms with Gasteiger partial charge in [-0.25, -0.2) is 4.98 Å². The predicted octanol–water partition coefficient (Wildman–Crippen LogP) is 3.47. The molecular weight excluding hydrogens is 342 g/mol. The Morgan fingerprint density at radius 1 is 1.11 bits per heavy atom. The van der Waals surface area contributed by atoms with Gasteiger partial charge in [0.05, 0.1) is 35.4 Å². The van der Waals surface area contributed by atoms with Crippen LogP contribution in [0.25, 0.3) is 16.7 Å². The van der Waals surface area contributed by atoms with Gasteiger partial charge in [-0.2, -0.15) is 5.26 Å². The highest BCUT2D eigenvalue weighted by Gasteiger charge is 2.13. The number of benzene rings is 2. The van der Waals surface area contributed by atoms with Crippen LogP contribution in [0.1, 0.15) is 18.4 Å². The van der Waals surface area contributed by atoms with E-state index in [-0.39, 0.29) is 6.10 Å². The molecule has 0 aliphatic carbocycles. The van der Waals surface area contributed by atoms with Gasteiger partial charge in [0.25, 0.3) is 0 Å². The first-order valence-corrected chi connectivity index (χ1v) is 9.13. The van der Waals surface area contributed by atoms with Gasteiger partial charge in [-0.3, -0.25) is 4.57 Å². The lowest BCUT2D eigenvalue weighted by Gasteiger charge is -2.22. The minimum Gasteiger partial charge on any atom is -0.491 e. The summed E-state index contributed by atoms with van der Waals surface area (Å²) in [5.41, 5.74) is 3.36. The lowest BCUT2D eigenvalue weighted by atomic mass is 10.2. The number of hydrogen-bond donors (Lipinski definition) is 0. The van der Waals surface area contributed by atoms with Crippen LogP contribution in [0.3, 0.4) is 0 Å². The van der Waals surface area contributed by atoms with Crippen molar-refractivity contribution in [1.82, 2.24) is 9.55 Å². The zero-order chi connectivity index (χ0) is 18.5. The SMILES string of the molecule is N#Cc1ccc2ncn(-c3ccc(OCCOC4CCOCC4)cc3)c2c1. The molecule has 0 bridgehead atoms. The van der Waals surface area contributed by atoms with Crippen LogP contribution in [-0.4, -0.2) is 42.1 Å². The molecule has 2 aromatic carbocycles. The van der Waals surface area contributed by atoms with Crippen molar-refractivity contribution < 1.29 is 14.2 Å². The maximum atomic E-state index is 9.11. The molecule has 1 fully saturated rings. The van der Waals surface area contributed by atoms with Crippen LogP contribution in [0.4, 0.5) is 0 Å². The summed E-state index contributed by atoms with van der Waals surface area (Å²) in [6.07, 6.45) is 3.98. The van der Waals surface area contributed by atoms with Crippen molar-refractivity contribution in [2.45, 2.75) is 18.9 Å². The van der Waals surface area contributed by atoms with Gasteiger partial charge in [0.1, 0.15) is 18.7 Å². The Labute approximate surface area is 157 Å². The average molecular weight is 363 g/mol. The summed E-state index contributed by atoms with van der Waals surface area (Å²) in [4.78, 5) is 4.39. The zero-order valence-corrected chi connectivity index (χ0v) is 15.0. The molecule has 6 heteroatoms. The molecule has 0 unspecified atom stereocenters. The van der Waals surface area contributed by atoms with E-state index < -0.39 is 0 Å². The van der Waals surface area contributed by atoms with E-state index in [4.69, 9.17) is 19.5 Å². The van der Waals surface area contributed by atoms with E-state index in [0.29, 0.717) is 18.8 Å². The van der Waals surface area contributed by atoms with E-state index >= 15 is 0 Å². The Morgan fingerprint density at radius 2 is 1.93 bits per heavy atom. The number of ether oxygens (including phenoxy) is 3. The van der Waals surface area contributed by atoms with E-state index in [1.54, 1.807) is 12.4 Å². The minimum atomic E-state index is 0.289. The molecule has 0 radical (unpaired) electrons. The fourth-order valence-electron chi connectivity index (χ4n) is 3.20. The van der Waals surface area contributed by atoms with Gasteiger partial charge >= 0.3 is 0 Å². The first-order chi connectivity index (χ1) is 13.3. The summed E-state index contributed by atoms with van der Waals surface area (Å²) in [6.45, 7) is 2.67. The summed E-state index contributed by atoms with van der Waals surface area (Å²) < 4.78 is 18.9. The van der Waals surface area contributed by atoms with E-state index in [0.717, 1.165) is 48.5 Å². The molecule has 1 aliphatic heterocycles. The number of imidazole rings is 1. The van der Waals surface area contributed by atoms with Crippen molar-refractivity contribution in [3.8, 4) is 17.5 Å². The second-order valence-corrected chi connectivity index (χ2v) is 6.45. The number of fused-ring (bicyclic) bond motifs is 1. The third-order valence-electron chi connectivity index (χ3n) is 4.67. The van der Waals surface area contributed by atoms with Crippen molar-refractivity contribution in [2.24, 2.45) is 0 Å². The number of nitrogens with zero attached hydrogens (tertiary/aromatic N) is 3. The van der Waals surface area contributed by atoms with Crippen molar-refractivity contribution in [1.29, 1.82) is 5.26 Å². The number of rotatable bonds is 6. The van der Waals surface area contributed by atoms with Gasteiger partial charge in [-0.1, -0.05) is 0 Å². The van der Waals surface area contributed by atoms with Crippen molar-refractivity contribution in [2.75, 3.05) is 26.4 Å². The van der Waals surface area contributed by atoms with Crippen molar-refractivity contribution in [3.05, 3.63) is 54.4 Å². The molecule has 138 valence electrons. The normalized spacial score (nSPS) is 14.9. The molecule has 1 aliphatic rings. The van der Waals surface area contributed by atoms with E-state index in [9.17, 15) is 0 Å². The lowest BCUT2D eigenvalue weighted by molar-refractivity contribution is -0.0388. The summed E-state index contributed by atoms with van der Waals surface area (Å²) in [5.74, 6) is 0.802. The smallest absolute Gasteiger partial charge is 0.119 e. The van der Waals surface area contributed by atoms with Gasteiger partial charge in [0, 0.05) is 18.9 Å². The predicted molar refractivity (Wildman–Crippen MR) is 101 cm³/mol. The molecule has 0 N–H and O–H groups in total. The summed E-state index contributed by atoms with van der Waals surface area (Å²) in [5, 5.41) is 9.11. The van der Waals surface area contributed by atoms with Gasteiger partial charge in [0.15, 0.2) is 0 Å². The van der Waals surface area contributed by atoms with E-state index in [2.05, 4.69) is 11.1 Å². The van der Waals surface area contributed by atoms with Gasteiger partial charge < -0.3 is 14.2 Å². The van der Waals surface area contributed by atoms with Crippen LogP contribution < -0.4 is 4.74 Å². The molecule has 6 nitrogen and oxygen atoms in total. The second-order valence-electron chi connectivity index (χ2n) is 6.45. The molecule has 1 saturated heterocycles. The van der Waals surface area contributed by atoms with Crippen molar-refractivity contribution in [3.63, 3.8) is 0 Å². The monoisotopic (exact) mass is 363 g/mol. The Morgan fingerprint density at radius 3 is 2.70 bits per heavy atom. The van der Waals surface area contributed by atoms with Crippen LogP contribution in [-0.2, 0) is 9.47 Å². The van der Waals surface area contributed by atoms with Crippen LogP contribution in [0.2, 0.25) is 0 Å². The van der Waals surface area contributed by atoms with Gasteiger partial charge in [-0.05, 0) is 55.3 Å². The Balaban J connectivity index is 1.37. The maximum Gasteiger partial charge on any atom is 0.119 e. The molecular formula is C21H21N3O3. The molecule has 2 heterocycles. The molecule has 0 atom stereocenters. The largest absolute Gasteiger partial charge is 0.491 e. The highest BCUT2D eigenvalue weighted by atomic mass is 16.5. The molecule has 0 spiro atoms. The molecule has 4 rings (SSSR count). The molecule has 27 heavy (non-hydrogen) atoms. The third kappa shape index (κ3) is 4.11. The molecule has 0 saturated carbocycles. The Kier molecular flexibility index (Phi) is 5.33. The standard InChI is InChI=1S/C21H21N3O3/c22-14-16-1-6-20-21(13-16)24(15-23-20)17-2-4-18(5-3-17)26-11-12-27-19-7-9-25-10-8-19/h1-6,13,15,19H,7-12H2. The number of hydrogen-bond acceptors (Lipinski definition) is 5. The van der Waals surface area contributed by atoms with E-state index in [1.165, 1.54) is 0 Å². The zero-order valence-electron chi connectivity index (χ0n) is 15.0. The highest BCUT2D eigenvalue weighted by molar-refractivity contribution is 5.79. The second kappa shape index (κ2) is 8.21. The van der Waals surface area contributed by atoms with Crippen LogP contribution in [0, 0.1) is 11.3 Å². The fraction of sp³-hybridized carbons (Fsp3) is 0.333. The molecule has 3 aromatic rings. The third-order valence-corrected chi connectivity index (χ3v) is 4.67. The van der Waals surface area contributed by atoms with Crippen LogP contribution in [0.5, 0.6) is 5.75 Å². The maximum absolute atomic E-state index is 9.11. The van der Waals surface area contributed by atoms with Gasteiger partial charge in [-0.15, -0.1) is 0 Å². The van der Waals surface area contributed by atoms with Crippen LogP contribution >= 0.6 is 0 Å². The minimum absolute atomic E-state index is 0.289.